The Bertz CT molecular complexity index is 1070. The molecule has 0 N–H and O–H groups in total. The number of unbranched alkanes of at least 4 members (excludes halogenated alkanes) is 4. The first-order chi connectivity index (χ1) is 18.7. The SMILES string of the molecule is C=CCCCCCCOc1ccc(C(=O)OCCOCCOc2ccc(-c3ccc(OC)cc3)cc2)cc1. The highest BCUT2D eigenvalue weighted by atomic mass is 16.6. The predicted molar refractivity (Wildman–Crippen MR) is 150 cm³/mol. The van der Waals surface area contributed by atoms with E-state index in [1.165, 1.54) is 12.8 Å². The van der Waals surface area contributed by atoms with Gasteiger partial charge in [0.1, 0.15) is 30.5 Å². The number of allylic oxidation sites excluding steroid dienone is 1. The second-order valence-electron chi connectivity index (χ2n) is 8.71. The molecule has 0 radical (unpaired) electrons. The van der Waals surface area contributed by atoms with Crippen molar-refractivity contribution >= 4 is 5.97 Å². The fourth-order valence-electron chi connectivity index (χ4n) is 3.75. The highest BCUT2D eigenvalue weighted by Crippen LogP contribution is 2.24. The zero-order valence-corrected chi connectivity index (χ0v) is 22.2. The van der Waals surface area contributed by atoms with E-state index in [1.54, 1.807) is 31.4 Å². The molecule has 0 unspecified atom stereocenters. The maximum Gasteiger partial charge on any atom is 0.338 e. The number of carbonyl (C=O) groups excluding carboxylic acids is 1. The molecule has 0 spiro atoms. The van der Waals surface area contributed by atoms with E-state index in [4.69, 9.17) is 23.7 Å². The molecule has 202 valence electrons. The molecule has 6 heteroatoms. The Morgan fingerprint density at radius 3 is 1.84 bits per heavy atom. The molecule has 3 aromatic rings. The van der Waals surface area contributed by atoms with Gasteiger partial charge in [-0.3, -0.25) is 0 Å². The summed E-state index contributed by atoms with van der Waals surface area (Å²) in [6.07, 6.45) is 7.56. The number of carbonyl (C=O) groups is 1. The van der Waals surface area contributed by atoms with Crippen LogP contribution in [0, 0.1) is 0 Å². The Kier molecular flexibility index (Phi) is 12.8. The third-order valence-electron chi connectivity index (χ3n) is 5.90. The Hall–Kier alpha value is -3.77. The number of hydrogen-bond donors (Lipinski definition) is 0. The van der Waals surface area contributed by atoms with E-state index in [1.807, 2.05) is 54.6 Å². The first-order valence-corrected chi connectivity index (χ1v) is 13.2. The molecule has 3 aromatic carbocycles. The maximum absolute atomic E-state index is 12.2. The van der Waals surface area contributed by atoms with Crippen molar-refractivity contribution in [3.63, 3.8) is 0 Å². The molecule has 0 heterocycles. The van der Waals surface area contributed by atoms with Crippen LogP contribution in [0.2, 0.25) is 0 Å². The summed E-state index contributed by atoms with van der Waals surface area (Å²) >= 11 is 0. The van der Waals surface area contributed by atoms with Gasteiger partial charge < -0.3 is 23.7 Å². The second-order valence-corrected chi connectivity index (χ2v) is 8.71. The van der Waals surface area contributed by atoms with E-state index in [2.05, 4.69) is 6.58 Å². The molecule has 6 nitrogen and oxygen atoms in total. The Labute approximate surface area is 226 Å². The first kappa shape index (κ1) is 28.8. The van der Waals surface area contributed by atoms with Gasteiger partial charge in [0, 0.05) is 0 Å². The lowest BCUT2D eigenvalue weighted by Crippen LogP contribution is -2.13. The number of ether oxygens (including phenoxy) is 5. The highest BCUT2D eigenvalue weighted by molar-refractivity contribution is 5.89. The van der Waals surface area contributed by atoms with Gasteiger partial charge in [-0.05, 0) is 78.9 Å². The monoisotopic (exact) mass is 518 g/mol. The van der Waals surface area contributed by atoms with Crippen LogP contribution in [0.4, 0.5) is 0 Å². The Morgan fingerprint density at radius 1 is 0.658 bits per heavy atom. The smallest absolute Gasteiger partial charge is 0.338 e. The Morgan fingerprint density at radius 2 is 1.21 bits per heavy atom. The van der Waals surface area contributed by atoms with Crippen LogP contribution in [0.1, 0.15) is 42.5 Å². The van der Waals surface area contributed by atoms with Crippen molar-refractivity contribution in [2.75, 3.05) is 40.1 Å². The van der Waals surface area contributed by atoms with Crippen LogP contribution >= 0.6 is 0 Å². The minimum Gasteiger partial charge on any atom is -0.497 e. The van der Waals surface area contributed by atoms with E-state index in [9.17, 15) is 4.79 Å². The summed E-state index contributed by atoms with van der Waals surface area (Å²) in [6.45, 7) is 5.71. The first-order valence-electron chi connectivity index (χ1n) is 13.2. The van der Waals surface area contributed by atoms with Gasteiger partial charge in [-0.25, -0.2) is 4.79 Å². The third kappa shape index (κ3) is 10.3. The summed E-state index contributed by atoms with van der Waals surface area (Å²) < 4.78 is 27.5. The molecule has 0 aromatic heterocycles. The van der Waals surface area contributed by atoms with Crippen LogP contribution in [0.5, 0.6) is 17.2 Å². The van der Waals surface area contributed by atoms with Crippen LogP contribution in [0.3, 0.4) is 0 Å². The highest BCUT2D eigenvalue weighted by Gasteiger charge is 2.07. The molecule has 3 rings (SSSR count). The predicted octanol–water partition coefficient (Wildman–Crippen LogP) is 7.13. The van der Waals surface area contributed by atoms with Crippen LogP contribution in [-0.4, -0.2) is 46.1 Å². The number of hydrogen-bond acceptors (Lipinski definition) is 6. The molecule has 0 bridgehead atoms. The van der Waals surface area contributed by atoms with Gasteiger partial charge in [-0.15, -0.1) is 6.58 Å². The van der Waals surface area contributed by atoms with Crippen molar-refractivity contribution in [3.05, 3.63) is 91.0 Å². The van der Waals surface area contributed by atoms with Gasteiger partial charge in [0.05, 0.1) is 32.5 Å². The molecule has 0 saturated carbocycles. The van der Waals surface area contributed by atoms with Gasteiger partial charge in [0.2, 0.25) is 0 Å². The van der Waals surface area contributed by atoms with E-state index in [-0.39, 0.29) is 12.6 Å². The lowest BCUT2D eigenvalue weighted by molar-refractivity contribution is 0.0273. The van der Waals surface area contributed by atoms with Crippen molar-refractivity contribution in [2.45, 2.75) is 32.1 Å². The van der Waals surface area contributed by atoms with E-state index >= 15 is 0 Å². The largest absolute Gasteiger partial charge is 0.497 e. The molecular weight excluding hydrogens is 480 g/mol. The lowest BCUT2D eigenvalue weighted by Gasteiger charge is -2.09. The fourth-order valence-corrected chi connectivity index (χ4v) is 3.75. The summed E-state index contributed by atoms with van der Waals surface area (Å²) in [4.78, 5) is 12.2. The molecular formula is C32H38O6. The summed E-state index contributed by atoms with van der Waals surface area (Å²) in [5, 5.41) is 0. The number of esters is 1. The van der Waals surface area contributed by atoms with Gasteiger partial charge in [0.25, 0.3) is 0 Å². The average Bonchev–Trinajstić information content (AvgIpc) is 2.97. The zero-order chi connectivity index (χ0) is 26.8. The van der Waals surface area contributed by atoms with E-state index in [0.29, 0.717) is 32.0 Å². The molecule has 0 aliphatic heterocycles. The quantitative estimate of drug-likeness (QED) is 0.101. The summed E-state index contributed by atoms with van der Waals surface area (Å²) in [5.41, 5.74) is 2.70. The summed E-state index contributed by atoms with van der Waals surface area (Å²) in [6, 6.07) is 22.9. The zero-order valence-electron chi connectivity index (χ0n) is 22.2. The van der Waals surface area contributed by atoms with Gasteiger partial charge in [0.15, 0.2) is 0 Å². The third-order valence-corrected chi connectivity index (χ3v) is 5.90. The molecule has 38 heavy (non-hydrogen) atoms. The molecule has 0 aliphatic carbocycles. The van der Waals surface area contributed by atoms with Crippen molar-refractivity contribution in [3.8, 4) is 28.4 Å². The van der Waals surface area contributed by atoms with Crippen molar-refractivity contribution in [2.24, 2.45) is 0 Å². The number of rotatable bonds is 18. The molecule has 0 amide bonds. The minimum absolute atomic E-state index is 0.180. The van der Waals surface area contributed by atoms with Crippen LogP contribution in [0.25, 0.3) is 11.1 Å². The van der Waals surface area contributed by atoms with Gasteiger partial charge >= 0.3 is 5.97 Å². The molecule has 0 fully saturated rings. The standard InChI is InChI=1S/C32H38O6/c1-3-4-5-6-7-8-21-36-30-19-13-28(14-20-30)32(33)38-25-23-35-22-24-37-31-17-11-27(12-18-31)26-9-15-29(34-2)16-10-26/h3,9-20H,1,4-8,21-25H2,2H3. The minimum atomic E-state index is -0.379. The van der Waals surface area contributed by atoms with E-state index in [0.717, 1.165) is 47.6 Å². The number of benzene rings is 3. The summed E-state index contributed by atoms with van der Waals surface area (Å²) in [7, 11) is 1.66. The van der Waals surface area contributed by atoms with Crippen molar-refractivity contribution < 1.29 is 28.5 Å². The molecule has 0 saturated heterocycles. The molecule has 0 aliphatic rings. The number of methoxy groups -OCH3 is 1. The normalized spacial score (nSPS) is 10.6. The fraction of sp³-hybridized carbons (Fsp3) is 0.344. The van der Waals surface area contributed by atoms with Crippen molar-refractivity contribution in [1.29, 1.82) is 0 Å². The lowest BCUT2D eigenvalue weighted by atomic mass is 10.1. The second kappa shape index (κ2) is 16.9. The van der Waals surface area contributed by atoms with Gasteiger partial charge in [-0.1, -0.05) is 43.2 Å². The summed E-state index contributed by atoms with van der Waals surface area (Å²) in [5.74, 6) is 1.98. The average molecular weight is 519 g/mol. The van der Waals surface area contributed by atoms with Crippen molar-refractivity contribution in [1.82, 2.24) is 0 Å². The van der Waals surface area contributed by atoms with Crippen LogP contribution < -0.4 is 14.2 Å². The molecule has 0 atom stereocenters. The maximum atomic E-state index is 12.2. The van der Waals surface area contributed by atoms with E-state index < -0.39 is 0 Å². The van der Waals surface area contributed by atoms with Crippen LogP contribution in [0.15, 0.2) is 85.5 Å². The van der Waals surface area contributed by atoms with Crippen LogP contribution in [-0.2, 0) is 9.47 Å². The van der Waals surface area contributed by atoms with Gasteiger partial charge in [-0.2, -0.15) is 0 Å². The Balaban J connectivity index is 1.24. The topological polar surface area (TPSA) is 63.2 Å².